The molecule has 6 heteroatoms. The average molecular weight is 334 g/mol. The Balaban J connectivity index is 1.69. The van der Waals surface area contributed by atoms with Gasteiger partial charge in [-0.3, -0.25) is 4.79 Å². The molecule has 2 heterocycles. The fourth-order valence-electron chi connectivity index (χ4n) is 3.08. The van der Waals surface area contributed by atoms with Crippen LogP contribution in [0.1, 0.15) is 39.6 Å². The van der Waals surface area contributed by atoms with Gasteiger partial charge in [0.1, 0.15) is 5.75 Å². The molecule has 0 spiro atoms. The molecule has 2 N–H and O–H groups in total. The Kier molecular flexibility index (Phi) is 4.16. The predicted molar refractivity (Wildman–Crippen MR) is 92.4 cm³/mol. The molecule has 6 nitrogen and oxygen atoms in total. The quantitative estimate of drug-likeness (QED) is 0.769. The van der Waals surface area contributed by atoms with Crippen molar-refractivity contribution in [1.29, 1.82) is 0 Å². The molecule has 1 atom stereocenters. The molecule has 0 fully saturated rings. The third-order valence-electron chi connectivity index (χ3n) is 4.32. The van der Waals surface area contributed by atoms with Gasteiger partial charge in [0.25, 0.3) is 5.91 Å². The van der Waals surface area contributed by atoms with E-state index in [0.29, 0.717) is 0 Å². The first kappa shape index (κ1) is 15.4. The number of benzene rings is 2. The number of carbonyl (C=O) groups excluding carboxylic acids is 1. The van der Waals surface area contributed by atoms with Crippen LogP contribution in [-0.2, 0) is 6.42 Å². The summed E-state index contributed by atoms with van der Waals surface area (Å²) >= 11 is 0. The van der Waals surface area contributed by atoms with Gasteiger partial charge in [-0.25, -0.2) is 0 Å². The summed E-state index contributed by atoms with van der Waals surface area (Å²) in [7, 11) is 0. The maximum absolute atomic E-state index is 12.5. The molecular formula is C19H18N4O2. The molecule has 1 unspecified atom stereocenters. The van der Waals surface area contributed by atoms with Crippen LogP contribution in [0.2, 0.25) is 0 Å². The van der Waals surface area contributed by atoms with Gasteiger partial charge in [-0.05, 0) is 41.7 Å². The van der Waals surface area contributed by atoms with Crippen molar-refractivity contribution in [3.63, 3.8) is 0 Å². The van der Waals surface area contributed by atoms with Gasteiger partial charge in [0.05, 0.1) is 18.8 Å². The lowest BCUT2D eigenvalue weighted by molar-refractivity contribution is 0.0938. The molecule has 25 heavy (non-hydrogen) atoms. The number of aryl methyl sites for hydroxylation is 1. The van der Waals surface area contributed by atoms with Crippen LogP contribution < -0.4 is 10.1 Å². The molecule has 1 aliphatic rings. The highest BCUT2D eigenvalue weighted by Crippen LogP contribution is 2.30. The van der Waals surface area contributed by atoms with Crippen LogP contribution in [0.15, 0.2) is 54.7 Å². The van der Waals surface area contributed by atoms with E-state index in [0.717, 1.165) is 36.3 Å². The lowest BCUT2D eigenvalue weighted by Crippen LogP contribution is -2.29. The van der Waals surface area contributed by atoms with Gasteiger partial charge >= 0.3 is 0 Å². The van der Waals surface area contributed by atoms with Gasteiger partial charge < -0.3 is 10.1 Å². The molecule has 0 saturated carbocycles. The summed E-state index contributed by atoms with van der Waals surface area (Å²) in [5, 5.41) is 13.1. The number of nitrogens with one attached hydrogen (secondary N) is 2. The minimum atomic E-state index is -0.267. The Hall–Kier alpha value is -3.15. The maximum Gasteiger partial charge on any atom is 0.274 e. The van der Waals surface area contributed by atoms with Crippen molar-refractivity contribution in [2.24, 2.45) is 0 Å². The molecule has 2 aromatic carbocycles. The zero-order chi connectivity index (χ0) is 17.1. The summed E-state index contributed by atoms with van der Waals surface area (Å²) in [6, 6.07) is 15.7. The fraction of sp³-hybridized carbons (Fsp3) is 0.211. The highest BCUT2D eigenvalue weighted by Gasteiger charge is 2.21. The molecule has 4 rings (SSSR count). The monoisotopic (exact) mass is 334 g/mol. The highest BCUT2D eigenvalue weighted by atomic mass is 16.5. The first-order valence-corrected chi connectivity index (χ1v) is 8.28. The van der Waals surface area contributed by atoms with Crippen LogP contribution in [-0.4, -0.2) is 27.9 Å². The number of rotatable bonds is 4. The summed E-state index contributed by atoms with van der Waals surface area (Å²) in [4.78, 5) is 12.5. The summed E-state index contributed by atoms with van der Waals surface area (Å²) < 4.78 is 5.69. The number of hydrogen-bond acceptors (Lipinski definition) is 4. The lowest BCUT2D eigenvalue weighted by Gasteiger charge is -2.23. The number of amides is 1. The van der Waals surface area contributed by atoms with Gasteiger partial charge in [0.15, 0.2) is 5.69 Å². The second kappa shape index (κ2) is 6.76. The molecule has 126 valence electrons. The number of ether oxygens (including phenoxy) is 1. The van der Waals surface area contributed by atoms with Crippen LogP contribution in [0.3, 0.4) is 0 Å². The normalized spacial score (nSPS) is 14.2. The number of hydrogen-bond donors (Lipinski definition) is 2. The highest BCUT2D eigenvalue weighted by molar-refractivity contribution is 5.92. The first-order valence-electron chi connectivity index (χ1n) is 8.28. The summed E-state index contributed by atoms with van der Waals surface area (Å²) in [6.07, 6.45) is 3.41. The minimum absolute atomic E-state index is 0.266. The fourth-order valence-corrected chi connectivity index (χ4v) is 3.08. The van der Waals surface area contributed by atoms with E-state index in [1.807, 2.05) is 42.5 Å². The molecule has 0 saturated heterocycles. The third-order valence-corrected chi connectivity index (χ3v) is 4.32. The molecule has 1 aromatic heterocycles. The van der Waals surface area contributed by atoms with Crippen molar-refractivity contribution in [2.75, 3.05) is 6.61 Å². The van der Waals surface area contributed by atoms with Crippen LogP contribution in [0, 0.1) is 0 Å². The SMILES string of the molecule is O=C(NC(c1ccccc1)c1ccc2c(c1)CCCO2)c1cn[nH]n1. The Morgan fingerprint density at radius 1 is 1.16 bits per heavy atom. The topological polar surface area (TPSA) is 79.9 Å². The van der Waals surface area contributed by atoms with Crippen molar-refractivity contribution in [2.45, 2.75) is 18.9 Å². The predicted octanol–water partition coefficient (Wildman–Crippen LogP) is 2.65. The van der Waals surface area contributed by atoms with Gasteiger partial charge in [-0.1, -0.05) is 36.4 Å². The van der Waals surface area contributed by atoms with Crippen molar-refractivity contribution in [3.05, 3.63) is 77.1 Å². The zero-order valence-corrected chi connectivity index (χ0v) is 13.6. The third kappa shape index (κ3) is 3.24. The van der Waals surface area contributed by atoms with Gasteiger partial charge in [-0.15, -0.1) is 0 Å². The average Bonchev–Trinajstić information content (AvgIpc) is 3.21. The Bertz CT molecular complexity index is 862. The van der Waals surface area contributed by atoms with Gasteiger partial charge in [0, 0.05) is 0 Å². The Morgan fingerprint density at radius 3 is 2.84 bits per heavy atom. The second-order valence-electron chi connectivity index (χ2n) is 5.99. The maximum atomic E-state index is 12.5. The minimum Gasteiger partial charge on any atom is -0.493 e. The summed E-state index contributed by atoms with van der Waals surface area (Å²) in [5.74, 6) is 0.668. The number of aromatic nitrogens is 3. The van der Waals surface area contributed by atoms with Crippen LogP contribution >= 0.6 is 0 Å². The van der Waals surface area contributed by atoms with E-state index in [1.54, 1.807) is 0 Å². The summed E-state index contributed by atoms with van der Waals surface area (Å²) in [6.45, 7) is 0.761. The zero-order valence-electron chi connectivity index (χ0n) is 13.6. The number of aromatic amines is 1. The van der Waals surface area contributed by atoms with Gasteiger partial charge in [-0.2, -0.15) is 15.4 Å². The standard InChI is InChI=1S/C19H18N4O2/c24-19(16-12-20-23-22-16)21-18(13-5-2-1-3-6-13)15-8-9-17-14(11-15)7-4-10-25-17/h1-3,5-6,8-9,11-12,18H,4,7,10H2,(H,21,24)(H,20,22,23). The van der Waals surface area contributed by atoms with Crippen molar-refractivity contribution < 1.29 is 9.53 Å². The number of fused-ring (bicyclic) bond motifs is 1. The number of H-pyrrole nitrogens is 1. The van der Waals surface area contributed by atoms with E-state index >= 15 is 0 Å². The Morgan fingerprint density at radius 2 is 2.04 bits per heavy atom. The molecule has 0 radical (unpaired) electrons. The molecule has 3 aromatic rings. The van der Waals surface area contributed by atoms with E-state index in [-0.39, 0.29) is 17.6 Å². The van der Waals surface area contributed by atoms with E-state index < -0.39 is 0 Å². The van der Waals surface area contributed by atoms with E-state index in [2.05, 4.69) is 26.8 Å². The molecular weight excluding hydrogens is 316 g/mol. The van der Waals surface area contributed by atoms with E-state index in [9.17, 15) is 4.79 Å². The molecule has 0 bridgehead atoms. The second-order valence-corrected chi connectivity index (χ2v) is 5.99. The number of carbonyl (C=O) groups is 1. The van der Waals surface area contributed by atoms with E-state index in [4.69, 9.17) is 4.74 Å². The van der Waals surface area contributed by atoms with Crippen molar-refractivity contribution in [1.82, 2.24) is 20.7 Å². The Labute approximate surface area is 145 Å². The largest absolute Gasteiger partial charge is 0.493 e. The van der Waals surface area contributed by atoms with Crippen molar-refractivity contribution in [3.8, 4) is 5.75 Å². The smallest absolute Gasteiger partial charge is 0.274 e. The van der Waals surface area contributed by atoms with Crippen molar-refractivity contribution >= 4 is 5.91 Å². The van der Waals surface area contributed by atoms with Crippen LogP contribution in [0.4, 0.5) is 0 Å². The molecule has 1 aliphatic heterocycles. The number of nitrogens with zero attached hydrogens (tertiary/aromatic N) is 2. The lowest BCUT2D eigenvalue weighted by atomic mass is 9.94. The van der Waals surface area contributed by atoms with Crippen LogP contribution in [0.25, 0.3) is 0 Å². The van der Waals surface area contributed by atoms with E-state index in [1.165, 1.54) is 11.8 Å². The summed E-state index contributed by atoms with van der Waals surface area (Å²) in [5.41, 5.74) is 3.48. The first-order chi connectivity index (χ1) is 12.3. The van der Waals surface area contributed by atoms with Gasteiger partial charge in [0.2, 0.25) is 0 Å². The molecule has 0 aliphatic carbocycles. The molecule has 1 amide bonds. The van der Waals surface area contributed by atoms with Crippen LogP contribution in [0.5, 0.6) is 5.75 Å².